The Bertz CT molecular complexity index is 144. The van der Waals surface area contributed by atoms with E-state index >= 15 is 0 Å². The minimum atomic E-state index is 0. The first-order valence-corrected chi connectivity index (χ1v) is 5.32. The monoisotopic (exact) mass is 178 g/mol. The molecule has 0 unspecified atom stereocenters. The third-order valence-corrected chi connectivity index (χ3v) is 3.68. The summed E-state index contributed by atoms with van der Waals surface area (Å²) >= 11 is 3.90. The average molecular weight is 178 g/mol. The third-order valence-electron chi connectivity index (χ3n) is 1.15. The summed E-state index contributed by atoms with van der Waals surface area (Å²) in [5, 5.41) is 0. The summed E-state index contributed by atoms with van der Waals surface area (Å²) < 4.78 is 1.44. The Morgan fingerprint density at radius 2 is 1.91 bits per heavy atom. The van der Waals surface area contributed by atoms with E-state index in [1.54, 1.807) is 0 Å². The minimum absolute atomic E-state index is 0. The Kier molecular flexibility index (Phi) is 7.73. The predicted octanol–water partition coefficient (Wildman–Crippen LogP) is 0.0922. The molecule has 1 aliphatic heterocycles. The number of thioether (sulfide) groups is 2. The van der Waals surface area contributed by atoms with Crippen LogP contribution < -0.4 is 18.9 Å². The van der Waals surface area contributed by atoms with E-state index in [-0.39, 0.29) is 18.9 Å². The van der Waals surface area contributed by atoms with Crippen LogP contribution >= 0.6 is 23.5 Å². The van der Waals surface area contributed by atoms with Gasteiger partial charge in [0.25, 0.3) is 0 Å². The summed E-state index contributed by atoms with van der Waals surface area (Å²) in [7, 11) is 0. The molecular formula is C8H11LiS2. The van der Waals surface area contributed by atoms with Gasteiger partial charge in [-0.3, -0.25) is 0 Å². The molecule has 0 spiro atoms. The quantitative estimate of drug-likeness (QED) is 0.412. The topological polar surface area (TPSA) is 0 Å². The zero-order valence-electron chi connectivity index (χ0n) is 6.88. The summed E-state index contributed by atoms with van der Waals surface area (Å²) in [5.41, 5.74) is 0. The van der Waals surface area contributed by atoms with Crippen molar-refractivity contribution < 1.29 is 18.9 Å². The van der Waals surface area contributed by atoms with Crippen molar-refractivity contribution >= 4 is 23.5 Å². The predicted molar refractivity (Wildman–Crippen MR) is 52.1 cm³/mol. The van der Waals surface area contributed by atoms with Crippen molar-refractivity contribution in [2.24, 2.45) is 0 Å². The van der Waals surface area contributed by atoms with Crippen molar-refractivity contribution in [3.8, 4) is 0 Å². The molecule has 1 aliphatic rings. The normalized spacial score (nSPS) is 18.0. The molecule has 56 valence electrons. The Morgan fingerprint density at radius 3 is 2.45 bits per heavy atom. The van der Waals surface area contributed by atoms with E-state index in [0.717, 1.165) is 0 Å². The van der Waals surface area contributed by atoms with Crippen LogP contribution in [0.3, 0.4) is 0 Å². The van der Waals surface area contributed by atoms with Crippen LogP contribution in [0.2, 0.25) is 0 Å². The van der Waals surface area contributed by atoms with Crippen molar-refractivity contribution in [3.05, 3.63) is 29.4 Å². The Balaban J connectivity index is 0.000001000. The van der Waals surface area contributed by atoms with Gasteiger partial charge in [0.15, 0.2) is 0 Å². The number of allylic oxidation sites excluding steroid dienone is 3. The van der Waals surface area contributed by atoms with Crippen LogP contribution in [0.1, 0.15) is 6.42 Å². The molecule has 1 saturated heterocycles. The summed E-state index contributed by atoms with van der Waals surface area (Å²) in [4.78, 5) is 0. The van der Waals surface area contributed by atoms with Crippen LogP contribution in [-0.2, 0) is 0 Å². The molecule has 0 atom stereocenters. The first kappa shape index (κ1) is 11.6. The first-order valence-electron chi connectivity index (χ1n) is 3.35. The largest absolute Gasteiger partial charge is 1.00 e. The molecule has 0 aromatic heterocycles. The molecule has 0 radical (unpaired) electrons. The molecule has 0 saturated carbocycles. The zero-order valence-corrected chi connectivity index (χ0v) is 8.51. The van der Waals surface area contributed by atoms with E-state index in [0.29, 0.717) is 0 Å². The molecule has 3 heteroatoms. The van der Waals surface area contributed by atoms with Gasteiger partial charge < -0.3 is 0 Å². The van der Waals surface area contributed by atoms with Gasteiger partial charge in [0, 0.05) is 4.24 Å². The molecule has 11 heavy (non-hydrogen) atoms. The van der Waals surface area contributed by atoms with Crippen LogP contribution in [0.15, 0.2) is 22.5 Å². The zero-order chi connectivity index (χ0) is 7.23. The third kappa shape index (κ3) is 4.98. The van der Waals surface area contributed by atoms with Gasteiger partial charge in [-0.25, -0.2) is 19.1 Å². The van der Waals surface area contributed by atoms with Gasteiger partial charge in [-0.15, -0.1) is 29.6 Å². The van der Waals surface area contributed by atoms with Crippen molar-refractivity contribution in [2.45, 2.75) is 6.42 Å². The second-order valence-corrected chi connectivity index (χ2v) is 4.50. The van der Waals surface area contributed by atoms with E-state index in [9.17, 15) is 0 Å². The second-order valence-electron chi connectivity index (χ2n) is 1.96. The molecule has 0 nitrogen and oxygen atoms in total. The maximum absolute atomic E-state index is 3.63. The van der Waals surface area contributed by atoms with E-state index in [2.05, 4.69) is 13.0 Å². The van der Waals surface area contributed by atoms with E-state index in [1.807, 2.05) is 35.7 Å². The molecule has 0 amide bonds. The standard InChI is InChI=1S/C8H11S2.Li/c1-2-3-5-8-9-6-4-7-10-8;/h2-3,5H,1,4,6-7H2;/q-1;+1/b3-2+;. The number of hydrogen-bond acceptors (Lipinski definition) is 2. The van der Waals surface area contributed by atoms with Gasteiger partial charge in [0.05, 0.1) is 0 Å². The number of rotatable bonds is 1. The minimum Gasteiger partial charge on any atom is -0.245 e. The fraction of sp³-hybridized carbons (Fsp3) is 0.375. The second kappa shape index (κ2) is 7.30. The average Bonchev–Trinajstić information content (AvgIpc) is 2.03. The molecule has 0 aliphatic carbocycles. The number of hydrogen-bond donors (Lipinski definition) is 0. The first-order chi connectivity index (χ1) is 4.93. The van der Waals surface area contributed by atoms with E-state index in [4.69, 9.17) is 0 Å². The molecule has 1 fully saturated rings. The molecule has 1 heterocycles. The van der Waals surface area contributed by atoms with Gasteiger partial charge in [-0.1, -0.05) is 0 Å². The van der Waals surface area contributed by atoms with Crippen LogP contribution in [-0.4, -0.2) is 11.5 Å². The van der Waals surface area contributed by atoms with Crippen molar-refractivity contribution in [1.82, 2.24) is 0 Å². The van der Waals surface area contributed by atoms with Crippen LogP contribution in [0, 0.1) is 6.92 Å². The van der Waals surface area contributed by atoms with Gasteiger partial charge in [-0.05, 0) is 17.9 Å². The molecular weight excluding hydrogens is 167 g/mol. The van der Waals surface area contributed by atoms with Crippen molar-refractivity contribution in [2.75, 3.05) is 11.5 Å². The van der Waals surface area contributed by atoms with E-state index in [1.165, 1.54) is 22.2 Å². The molecule has 0 aromatic carbocycles. The van der Waals surface area contributed by atoms with E-state index < -0.39 is 0 Å². The molecule has 0 N–H and O–H groups in total. The SMILES string of the molecule is [CH2-]/C=C/C=C1SCCCS1.[Li+]. The summed E-state index contributed by atoms with van der Waals surface area (Å²) in [6, 6.07) is 0. The molecule has 1 rings (SSSR count). The van der Waals surface area contributed by atoms with Crippen LogP contribution in [0.4, 0.5) is 0 Å². The fourth-order valence-electron chi connectivity index (χ4n) is 0.689. The maximum atomic E-state index is 3.63. The summed E-state index contributed by atoms with van der Waals surface area (Å²) in [6.45, 7) is 3.63. The van der Waals surface area contributed by atoms with Crippen molar-refractivity contribution in [3.63, 3.8) is 0 Å². The van der Waals surface area contributed by atoms with Gasteiger partial charge >= 0.3 is 18.9 Å². The maximum Gasteiger partial charge on any atom is 1.00 e. The molecule has 0 bridgehead atoms. The van der Waals surface area contributed by atoms with Gasteiger partial charge in [0.1, 0.15) is 0 Å². The molecule has 0 aromatic rings. The Labute approximate surface area is 89.5 Å². The fourth-order valence-corrected chi connectivity index (χ4v) is 3.03. The van der Waals surface area contributed by atoms with Gasteiger partial charge in [-0.2, -0.15) is 0 Å². The van der Waals surface area contributed by atoms with Crippen molar-refractivity contribution in [1.29, 1.82) is 0 Å². The Morgan fingerprint density at radius 1 is 1.27 bits per heavy atom. The van der Waals surface area contributed by atoms with Gasteiger partial charge in [0.2, 0.25) is 0 Å². The summed E-state index contributed by atoms with van der Waals surface area (Å²) in [6.07, 6.45) is 7.31. The summed E-state index contributed by atoms with van der Waals surface area (Å²) in [5.74, 6) is 2.56. The Hall–Kier alpha value is 0.647. The van der Waals surface area contributed by atoms with Crippen LogP contribution in [0.25, 0.3) is 0 Å². The van der Waals surface area contributed by atoms with Crippen LogP contribution in [0.5, 0.6) is 0 Å². The smallest absolute Gasteiger partial charge is 0.245 e.